The van der Waals surface area contributed by atoms with Gasteiger partial charge in [-0.1, -0.05) is 0 Å². The molecule has 1 fully saturated rings. The molecule has 1 aromatic carbocycles. The smallest absolute Gasteiger partial charge is 0.256 e. The van der Waals surface area contributed by atoms with Crippen LogP contribution >= 0.6 is 0 Å². The van der Waals surface area contributed by atoms with Crippen LogP contribution in [-0.2, 0) is 4.79 Å². The van der Waals surface area contributed by atoms with Gasteiger partial charge in [-0.3, -0.25) is 14.5 Å². The third-order valence-electron chi connectivity index (χ3n) is 4.51. The Kier molecular flexibility index (Phi) is 6.87. The van der Waals surface area contributed by atoms with Gasteiger partial charge in [0.15, 0.2) is 0 Å². The van der Waals surface area contributed by atoms with E-state index in [2.05, 4.69) is 0 Å². The number of hydrogen-bond acceptors (Lipinski definition) is 3. The van der Waals surface area contributed by atoms with Gasteiger partial charge in [0.1, 0.15) is 11.6 Å². The predicted molar refractivity (Wildman–Crippen MR) is 91.2 cm³/mol. The molecule has 5 nitrogen and oxygen atoms in total. The van der Waals surface area contributed by atoms with E-state index in [4.69, 9.17) is 0 Å². The fraction of sp³-hybridized carbons (Fsp3) is 0.556. The normalized spacial score (nSPS) is 15.8. The number of likely N-dealkylation sites (N-methyl/N-ethyl adjacent to an activating group) is 1. The number of carbonyl (C=O) groups excluding carboxylic acids is 2. The van der Waals surface area contributed by atoms with Crippen LogP contribution in [-0.4, -0.2) is 72.3 Å². The van der Waals surface area contributed by atoms with E-state index in [9.17, 15) is 18.4 Å². The highest BCUT2D eigenvalue weighted by atomic mass is 19.1. The molecule has 1 saturated heterocycles. The molecule has 7 heteroatoms. The fourth-order valence-corrected chi connectivity index (χ4v) is 3.03. The summed E-state index contributed by atoms with van der Waals surface area (Å²) in [5.41, 5.74) is -0.243. The minimum absolute atomic E-state index is 0.0703. The second-order valence-corrected chi connectivity index (χ2v) is 6.11. The fourth-order valence-electron chi connectivity index (χ4n) is 3.03. The van der Waals surface area contributed by atoms with Crippen LogP contribution in [0.5, 0.6) is 0 Å². The highest BCUT2D eigenvalue weighted by Crippen LogP contribution is 2.14. The molecular weight excluding hydrogens is 328 g/mol. The minimum Gasteiger partial charge on any atom is -0.342 e. The van der Waals surface area contributed by atoms with E-state index in [0.29, 0.717) is 52.2 Å². The molecule has 2 rings (SSSR count). The molecule has 0 atom stereocenters. The van der Waals surface area contributed by atoms with Crippen LogP contribution in [0.2, 0.25) is 0 Å². The van der Waals surface area contributed by atoms with Gasteiger partial charge in [-0.05, 0) is 38.5 Å². The minimum atomic E-state index is -0.718. The zero-order valence-corrected chi connectivity index (χ0v) is 14.8. The zero-order valence-electron chi connectivity index (χ0n) is 14.8. The van der Waals surface area contributed by atoms with Gasteiger partial charge < -0.3 is 9.80 Å². The first-order valence-corrected chi connectivity index (χ1v) is 8.70. The Hall–Kier alpha value is -2.02. The average molecular weight is 353 g/mol. The van der Waals surface area contributed by atoms with Gasteiger partial charge in [0, 0.05) is 39.3 Å². The van der Waals surface area contributed by atoms with Crippen LogP contribution in [0.4, 0.5) is 8.78 Å². The Bertz CT molecular complexity index is 620. The molecule has 1 aromatic rings. The quantitative estimate of drug-likeness (QED) is 0.813. The lowest BCUT2D eigenvalue weighted by molar-refractivity contribution is -0.132. The Balaban J connectivity index is 1.98. The molecule has 0 unspecified atom stereocenters. The maximum atomic E-state index is 13.8. The number of carbonyl (C=O) groups is 2. The van der Waals surface area contributed by atoms with Crippen molar-refractivity contribution < 1.29 is 18.4 Å². The van der Waals surface area contributed by atoms with E-state index in [1.54, 1.807) is 4.90 Å². The number of nitrogens with zero attached hydrogens (tertiary/aromatic N) is 3. The lowest BCUT2D eigenvalue weighted by atomic mass is 10.1. The summed E-state index contributed by atoms with van der Waals surface area (Å²) < 4.78 is 27.1. The number of amides is 2. The molecule has 2 amide bonds. The van der Waals surface area contributed by atoms with Crippen LogP contribution in [0.15, 0.2) is 18.2 Å². The van der Waals surface area contributed by atoms with Gasteiger partial charge in [-0.2, -0.15) is 0 Å². The first-order valence-electron chi connectivity index (χ1n) is 8.70. The molecule has 0 bridgehead atoms. The van der Waals surface area contributed by atoms with Gasteiger partial charge in [0.2, 0.25) is 5.91 Å². The summed E-state index contributed by atoms with van der Waals surface area (Å²) in [7, 11) is 0. The van der Waals surface area contributed by atoms with Crippen molar-refractivity contribution in [1.29, 1.82) is 0 Å². The van der Waals surface area contributed by atoms with Crippen LogP contribution in [0.25, 0.3) is 0 Å². The van der Waals surface area contributed by atoms with Crippen molar-refractivity contribution >= 4 is 11.8 Å². The Morgan fingerprint density at radius 2 is 1.80 bits per heavy atom. The molecular formula is C18H25F2N3O2. The van der Waals surface area contributed by atoms with Crippen LogP contribution in [0.3, 0.4) is 0 Å². The van der Waals surface area contributed by atoms with Gasteiger partial charge in [0.25, 0.3) is 5.91 Å². The molecule has 0 spiro atoms. The van der Waals surface area contributed by atoms with Gasteiger partial charge >= 0.3 is 0 Å². The largest absolute Gasteiger partial charge is 0.342 e. The van der Waals surface area contributed by atoms with Crippen LogP contribution in [0.1, 0.15) is 30.6 Å². The highest BCUT2D eigenvalue weighted by Gasteiger charge is 2.24. The molecule has 1 aliphatic rings. The number of benzene rings is 1. The first-order chi connectivity index (χ1) is 12.0. The molecule has 1 heterocycles. The van der Waals surface area contributed by atoms with Crippen LogP contribution in [0, 0.1) is 11.6 Å². The molecule has 25 heavy (non-hydrogen) atoms. The monoisotopic (exact) mass is 353 g/mol. The predicted octanol–water partition coefficient (Wildman–Crippen LogP) is 1.98. The van der Waals surface area contributed by atoms with Crippen molar-refractivity contribution in [2.45, 2.75) is 20.3 Å². The molecule has 0 aromatic heterocycles. The van der Waals surface area contributed by atoms with Crippen molar-refractivity contribution in [3.05, 3.63) is 35.4 Å². The molecule has 0 saturated carbocycles. The van der Waals surface area contributed by atoms with E-state index >= 15 is 0 Å². The zero-order chi connectivity index (χ0) is 18.4. The van der Waals surface area contributed by atoms with Gasteiger partial charge in [-0.25, -0.2) is 8.78 Å². The summed E-state index contributed by atoms with van der Waals surface area (Å²) in [6.07, 6.45) is 0.689. The van der Waals surface area contributed by atoms with E-state index in [1.807, 2.05) is 18.7 Å². The Morgan fingerprint density at radius 1 is 1.08 bits per heavy atom. The summed E-state index contributed by atoms with van der Waals surface area (Å²) in [5, 5.41) is 0. The summed E-state index contributed by atoms with van der Waals surface area (Å²) in [6.45, 7) is 7.63. The van der Waals surface area contributed by atoms with Crippen molar-refractivity contribution in [3.8, 4) is 0 Å². The Morgan fingerprint density at radius 3 is 2.48 bits per heavy atom. The third kappa shape index (κ3) is 4.98. The standard InChI is InChI=1S/C18H25F2N3O2/c1-3-22(4-2)17(24)13-21-8-5-9-23(11-10-21)18(25)15-12-14(19)6-7-16(15)20/h6-7,12H,3-5,8-11,13H2,1-2H3. The number of hydrogen-bond donors (Lipinski definition) is 0. The van der Waals surface area contributed by atoms with Crippen LogP contribution < -0.4 is 0 Å². The lowest BCUT2D eigenvalue weighted by Crippen LogP contribution is -2.42. The summed E-state index contributed by atoms with van der Waals surface area (Å²) in [5.74, 6) is -1.79. The topological polar surface area (TPSA) is 43.9 Å². The molecule has 0 radical (unpaired) electrons. The van der Waals surface area contributed by atoms with Crippen molar-refractivity contribution in [2.24, 2.45) is 0 Å². The molecule has 0 aliphatic carbocycles. The van der Waals surface area contributed by atoms with Crippen molar-refractivity contribution in [1.82, 2.24) is 14.7 Å². The van der Waals surface area contributed by atoms with Crippen molar-refractivity contribution in [3.63, 3.8) is 0 Å². The second-order valence-electron chi connectivity index (χ2n) is 6.11. The second kappa shape index (κ2) is 8.89. The SMILES string of the molecule is CCN(CC)C(=O)CN1CCCN(C(=O)c2cc(F)ccc2F)CC1. The van der Waals surface area contributed by atoms with E-state index in [1.165, 1.54) is 4.90 Å². The van der Waals surface area contributed by atoms with E-state index in [0.717, 1.165) is 18.2 Å². The maximum absolute atomic E-state index is 13.8. The molecule has 1 aliphatic heterocycles. The lowest BCUT2D eigenvalue weighted by Gasteiger charge is -2.25. The first kappa shape index (κ1) is 19.3. The maximum Gasteiger partial charge on any atom is 0.256 e. The third-order valence-corrected chi connectivity index (χ3v) is 4.51. The van der Waals surface area contributed by atoms with E-state index < -0.39 is 17.5 Å². The highest BCUT2D eigenvalue weighted by molar-refractivity contribution is 5.94. The average Bonchev–Trinajstić information content (AvgIpc) is 2.83. The summed E-state index contributed by atoms with van der Waals surface area (Å²) >= 11 is 0. The van der Waals surface area contributed by atoms with Crippen molar-refractivity contribution in [2.75, 3.05) is 45.8 Å². The number of halogens is 2. The van der Waals surface area contributed by atoms with Gasteiger partial charge in [0.05, 0.1) is 12.1 Å². The molecule has 138 valence electrons. The molecule has 0 N–H and O–H groups in total. The number of rotatable bonds is 5. The van der Waals surface area contributed by atoms with Gasteiger partial charge in [-0.15, -0.1) is 0 Å². The summed E-state index contributed by atoms with van der Waals surface area (Å²) in [4.78, 5) is 30.0. The van der Waals surface area contributed by atoms with E-state index in [-0.39, 0.29) is 11.5 Å². The summed E-state index contributed by atoms with van der Waals surface area (Å²) in [6, 6.07) is 2.90. The Labute approximate surface area is 147 Å².